The standard InChI is InChI=1S/C23H34O/c1-2-3-4-5-6-7-8-9-10-11-12-13-14-15-16-18-22-19-17-20-23(24)21-22/h12-21,24H,2-11H2,1H3. The molecule has 0 unspecified atom stereocenters. The normalized spacial score (nSPS) is 12.0. The Morgan fingerprint density at radius 2 is 1.46 bits per heavy atom. The van der Waals surface area contributed by atoms with Gasteiger partial charge in [0, 0.05) is 0 Å². The van der Waals surface area contributed by atoms with Gasteiger partial charge in [-0.25, -0.2) is 0 Å². The fourth-order valence-electron chi connectivity index (χ4n) is 2.67. The molecule has 0 aliphatic carbocycles. The highest BCUT2D eigenvalue weighted by molar-refractivity contribution is 5.53. The Hall–Kier alpha value is -1.76. The molecule has 0 saturated carbocycles. The van der Waals surface area contributed by atoms with Gasteiger partial charge in [-0.2, -0.15) is 0 Å². The van der Waals surface area contributed by atoms with Crippen molar-refractivity contribution in [1.29, 1.82) is 0 Å². The van der Waals surface area contributed by atoms with Crippen LogP contribution in [0.1, 0.15) is 76.7 Å². The molecule has 0 heterocycles. The first-order chi connectivity index (χ1) is 11.8. The lowest BCUT2D eigenvalue weighted by Gasteiger charge is -2.00. The predicted molar refractivity (Wildman–Crippen MR) is 107 cm³/mol. The zero-order chi connectivity index (χ0) is 17.3. The largest absolute Gasteiger partial charge is 0.508 e. The highest BCUT2D eigenvalue weighted by atomic mass is 16.3. The lowest BCUT2D eigenvalue weighted by Crippen LogP contribution is -1.80. The van der Waals surface area contributed by atoms with Gasteiger partial charge in [0.1, 0.15) is 5.75 Å². The van der Waals surface area contributed by atoms with Gasteiger partial charge in [-0.05, 0) is 30.5 Å². The van der Waals surface area contributed by atoms with E-state index in [1.54, 1.807) is 12.1 Å². The molecule has 0 spiro atoms. The van der Waals surface area contributed by atoms with E-state index in [2.05, 4.69) is 25.2 Å². The van der Waals surface area contributed by atoms with Crippen molar-refractivity contribution in [1.82, 2.24) is 0 Å². The molecular formula is C23H34O. The van der Waals surface area contributed by atoms with Crippen LogP contribution in [0, 0.1) is 0 Å². The van der Waals surface area contributed by atoms with Gasteiger partial charge in [0.2, 0.25) is 0 Å². The average molecular weight is 327 g/mol. The third-order valence-corrected chi connectivity index (χ3v) is 4.10. The first kappa shape index (κ1) is 20.3. The molecule has 0 bridgehead atoms. The third-order valence-electron chi connectivity index (χ3n) is 4.10. The van der Waals surface area contributed by atoms with Crippen molar-refractivity contribution in [3.8, 4) is 5.75 Å². The third kappa shape index (κ3) is 11.8. The first-order valence-electron chi connectivity index (χ1n) is 9.62. The molecule has 0 aliphatic rings. The van der Waals surface area contributed by atoms with Crippen LogP contribution in [0.25, 0.3) is 6.08 Å². The SMILES string of the molecule is CCCCCCCCCCCC=CC=CC=Cc1cccc(O)c1. The first-order valence-corrected chi connectivity index (χ1v) is 9.62. The summed E-state index contributed by atoms with van der Waals surface area (Å²) >= 11 is 0. The molecule has 24 heavy (non-hydrogen) atoms. The summed E-state index contributed by atoms with van der Waals surface area (Å²) in [6.45, 7) is 2.27. The van der Waals surface area contributed by atoms with E-state index in [1.807, 2.05) is 30.4 Å². The molecule has 1 aromatic rings. The fraction of sp³-hybridized carbons (Fsp3) is 0.478. The van der Waals surface area contributed by atoms with Gasteiger partial charge >= 0.3 is 0 Å². The summed E-state index contributed by atoms with van der Waals surface area (Å²) in [6, 6.07) is 7.26. The van der Waals surface area contributed by atoms with Crippen molar-refractivity contribution < 1.29 is 5.11 Å². The van der Waals surface area contributed by atoms with Crippen molar-refractivity contribution >= 4 is 6.08 Å². The Morgan fingerprint density at radius 3 is 2.17 bits per heavy atom. The van der Waals surface area contributed by atoms with Gasteiger partial charge in [-0.1, -0.05) is 107 Å². The van der Waals surface area contributed by atoms with Gasteiger partial charge in [-0.3, -0.25) is 0 Å². The molecule has 0 saturated heterocycles. The molecule has 0 amide bonds. The maximum Gasteiger partial charge on any atom is 0.116 e. The second-order valence-electron chi connectivity index (χ2n) is 6.38. The van der Waals surface area contributed by atoms with E-state index in [9.17, 15) is 5.11 Å². The summed E-state index contributed by atoms with van der Waals surface area (Å²) < 4.78 is 0. The van der Waals surface area contributed by atoms with Gasteiger partial charge in [0.05, 0.1) is 0 Å². The highest BCUT2D eigenvalue weighted by Crippen LogP contribution is 2.12. The van der Waals surface area contributed by atoms with Crippen LogP contribution in [0.3, 0.4) is 0 Å². The zero-order valence-electron chi connectivity index (χ0n) is 15.3. The van der Waals surface area contributed by atoms with E-state index in [1.165, 1.54) is 64.2 Å². The number of aromatic hydroxyl groups is 1. The second kappa shape index (κ2) is 14.8. The molecule has 0 aromatic heterocycles. The smallest absolute Gasteiger partial charge is 0.116 e. The monoisotopic (exact) mass is 326 g/mol. The summed E-state index contributed by atoms with van der Waals surface area (Å²) in [5.74, 6) is 0.307. The van der Waals surface area contributed by atoms with Crippen LogP contribution in [0.15, 0.2) is 54.6 Å². The maximum atomic E-state index is 9.38. The Labute approximate surface area is 148 Å². The Balaban J connectivity index is 1.97. The Kier molecular flexibility index (Phi) is 12.5. The van der Waals surface area contributed by atoms with Crippen LogP contribution < -0.4 is 0 Å². The quantitative estimate of drug-likeness (QED) is 0.295. The molecule has 0 radical (unpaired) electrons. The molecule has 1 nitrogen and oxygen atoms in total. The number of unbranched alkanes of at least 4 members (excludes halogenated alkanes) is 9. The molecular weight excluding hydrogens is 292 g/mol. The van der Waals surface area contributed by atoms with Crippen LogP contribution in [-0.4, -0.2) is 5.11 Å². The van der Waals surface area contributed by atoms with E-state index >= 15 is 0 Å². The van der Waals surface area contributed by atoms with Crippen molar-refractivity contribution in [2.75, 3.05) is 0 Å². The molecule has 0 aliphatic heterocycles. The number of rotatable bonds is 13. The van der Waals surface area contributed by atoms with Crippen LogP contribution in [0.2, 0.25) is 0 Å². The average Bonchev–Trinajstić information content (AvgIpc) is 2.58. The fourth-order valence-corrected chi connectivity index (χ4v) is 2.67. The van der Waals surface area contributed by atoms with E-state index in [0.29, 0.717) is 5.75 Å². The second-order valence-corrected chi connectivity index (χ2v) is 6.38. The van der Waals surface area contributed by atoms with Gasteiger partial charge in [0.25, 0.3) is 0 Å². The van der Waals surface area contributed by atoms with Crippen LogP contribution in [0.4, 0.5) is 0 Å². The topological polar surface area (TPSA) is 20.2 Å². The Morgan fingerprint density at radius 1 is 0.792 bits per heavy atom. The predicted octanol–water partition coefficient (Wildman–Crippen LogP) is 7.44. The van der Waals surface area contributed by atoms with Gasteiger partial charge in [-0.15, -0.1) is 0 Å². The number of phenols is 1. The summed E-state index contributed by atoms with van der Waals surface area (Å²) in [6.07, 6.45) is 26.1. The van der Waals surface area contributed by atoms with E-state index < -0.39 is 0 Å². The minimum Gasteiger partial charge on any atom is -0.508 e. The van der Waals surface area contributed by atoms with Crippen LogP contribution in [-0.2, 0) is 0 Å². The molecule has 1 N–H and O–H groups in total. The zero-order valence-corrected chi connectivity index (χ0v) is 15.3. The molecule has 132 valence electrons. The van der Waals surface area contributed by atoms with E-state index in [4.69, 9.17) is 0 Å². The van der Waals surface area contributed by atoms with Crippen molar-refractivity contribution in [3.63, 3.8) is 0 Å². The van der Waals surface area contributed by atoms with Gasteiger partial charge in [0.15, 0.2) is 0 Å². The molecule has 1 aromatic carbocycles. The van der Waals surface area contributed by atoms with Crippen LogP contribution in [0.5, 0.6) is 5.75 Å². The number of hydrogen-bond donors (Lipinski definition) is 1. The van der Waals surface area contributed by atoms with Gasteiger partial charge < -0.3 is 5.11 Å². The minimum absolute atomic E-state index is 0.307. The lowest BCUT2D eigenvalue weighted by atomic mass is 10.1. The highest BCUT2D eigenvalue weighted by Gasteiger charge is 1.91. The molecule has 0 atom stereocenters. The molecule has 1 heteroatoms. The number of hydrogen-bond acceptors (Lipinski definition) is 1. The molecule has 0 fully saturated rings. The lowest BCUT2D eigenvalue weighted by molar-refractivity contribution is 0.475. The summed E-state index contributed by atoms with van der Waals surface area (Å²) in [7, 11) is 0. The van der Waals surface area contributed by atoms with Crippen molar-refractivity contribution in [2.45, 2.75) is 71.1 Å². The molecule has 1 rings (SSSR count). The summed E-state index contributed by atoms with van der Waals surface area (Å²) in [4.78, 5) is 0. The van der Waals surface area contributed by atoms with Crippen molar-refractivity contribution in [3.05, 3.63) is 60.2 Å². The summed E-state index contributed by atoms with van der Waals surface area (Å²) in [5.41, 5.74) is 1.01. The minimum atomic E-state index is 0.307. The number of benzene rings is 1. The number of phenolic OH excluding ortho intramolecular Hbond substituents is 1. The van der Waals surface area contributed by atoms with Crippen LogP contribution >= 0.6 is 0 Å². The summed E-state index contributed by atoms with van der Waals surface area (Å²) in [5, 5.41) is 9.38. The maximum absolute atomic E-state index is 9.38. The Bertz CT molecular complexity index is 497. The van der Waals surface area contributed by atoms with Crippen molar-refractivity contribution in [2.24, 2.45) is 0 Å². The van der Waals surface area contributed by atoms with E-state index in [0.717, 1.165) is 5.56 Å². The number of allylic oxidation sites excluding steroid dienone is 5. The van der Waals surface area contributed by atoms with E-state index in [-0.39, 0.29) is 0 Å².